The van der Waals surface area contributed by atoms with Crippen LogP contribution in [0.3, 0.4) is 0 Å². The molecule has 58 heavy (non-hydrogen) atoms. The first kappa shape index (κ1) is 40.6. The second-order valence-corrected chi connectivity index (χ2v) is 16.5. The number of aromatic nitrogens is 3. The number of carbonyl (C=O) groups is 4. The summed E-state index contributed by atoms with van der Waals surface area (Å²) in [5.41, 5.74) is 10.2. The van der Waals surface area contributed by atoms with E-state index in [1.54, 1.807) is 0 Å². The first-order chi connectivity index (χ1) is 28.0. The van der Waals surface area contributed by atoms with Crippen LogP contribution in [0.5, 0.6) is 0 Å². The molecule has 1 aliphatic carbocycles. The Hall–Kier alpha value is -5.59. The van der Waals surface area contributed by atoms with Crippen LogP contribution >= 0.6 is 0 Å². The molecule has 0 radical (unpaired) electrons. The first-order valence-corrected chi connectivity index (χ1v) is 20.8. The number of amides is 4. The molecule has 4 atom stereocenters. The molecule has 2 saturated heterocycles. The fourth-order valence-electron chi connectivity index (χ4n) is 9.02. The number of nitrogens with zero attached hydrogens (tertiary/aromatic N) is 3. The summed E-state index contributed by atoms with van der Waals surface area (Å²) in [6.45, 7) is 8.96. The van der Waals surface area contributed by atoms with Gasteiger partial charge in [-0.2, -0.15) is 0 Å². The van der Waals surface area contributed by atoms with Gasteiger partial charge >= 0.3 is 12.2 Å². The molecule has 13 nitrogen and oxygen atoms in total. The van der Waals surface area contributed by atoms with Gasteiger partial charge in [-0.25, -0.2) is 14.6 Å². The number of fused-ring (bicyclic) bond motifs is 1. The molecule has 4 aromatic rings. The average molecular weight is 792 g/mol. The Balaban J connectivity index is 1.06. The molecule has 2 aromatic carbocycles. The van der Waals surface area contributed by atoms with Gasteiger partial charge in [0.05, 0.1) is 38.2 Å². The van der Waals surface area contributed by atoms with Crippen LogP contribution in [0.2, 0.25) is 0 Å². The second-order valence-electron chi connectivity index (χ2n) is 16.5. The molecule has 2 fully saturated rings. The summed E-state index contributed by atoms with van der Waals surface area (Å²) < 4.78 is 9.61. The summed E-state index contributed by atoms with van der Waals surface area (Å²) in [4.78, 5) is 67.4. The largest absolute Gasteiger partial charge is 0.453 e. The predicted octanol–water partition coefficient (Wildman–Crippen LogP) is 7.71. The van der Waals surface area contributed by atoms with Crippen molar-refractivity contribution in [1.29, 1.82) is 0 Å². The highest BCUT2D eigenvalue weighted by molar-refractivity contribution is 5.87. The van der Waals surface area contributed by atoms with Gasteiger partial charge in [-0.3, -0.25) is 9.59 Å². The lowest BCUT2D eigenvalue weighted by molar-refractivity contribution is -0.136. The molecular formula is C45H57N7O6. The van der Waals surface area contributed by atoms with E-state index in [0.717, 1.165) is 96.5 Å². The van der Waals surface area contributed by atoms with E-state index in [2.05, 4.69) is 69.1 Å². The maximum absolute atomic E-state index is 13.9. The predicted molar refractivity (Wildman–Crippen MR) is 222 cm³/mol. The summed E-state index contributed by atoms with van der Waals surface area (Å²) in [5.74, 6) is 0.356. The Morgan fingerprint density at radius 3 is 1.67 bits per heavy atom. The lowest BCUT2D eigenvalue weighted by atomic mass is 9.88. The number of nitrogens with one attached hydrogen (secondary N) is 4. The van der Waals surface area contributed by atoms with Crippen LogP contribution in [0.25, 0.3) is 33.6 Å². The molecule has 308 valence electrons. The maximum atomic E-state index is 13.9. The number of methoxy groups -OCH3 is 2. The highest BCUT2D eigenvalue weighted by Crippen LogP contribution is 2.42. The second kappa shape index (κ2) is 17.5. The van der Waals surface area contributed by atoms with Crippen LogP contribution in [0.4, 0.5) is 9.59 Å². The molecule has 2 aromatic heterocycles. The van der Waals surface area contributed by atoms with E-state index in [0.29, 0.717) is 13.1 Å². The Labute approximate surface area is 340 Å². The number of H-pyrrole nitrogens is 2. The Morgan fingerprint density at radius 1 is 0.655 bits per heavy atom. The summed E-state index contributed by atoms with van der Waals surface area (Å²) >= 11 is 0. The lowest BCUT2D eigenvalue weighted by Gasteiger charge is -2.31. The molecule has 0 saturated carbocycles. The minimum absolute atomic E-state index is 0.0643. The fourth-order valence-corrected chi connectivity index (χ4v) is 9.02. The molecule has 0 spiro atoms. The third kappa shape index (κ3) is 8.21. The number of benzene rings is 2. The van der Waals surface area contributed by atoms with Crippen molar-refractivity contribution < 1.29 is 28.7 Å². The third-order valence-electron chi connectivity index (χ3n) is 12.2. The number of likely N-dealkylation sites (tertiary alicyclic amines) is 2. The number of carbonyl (C=O) groups excluding carboxylic acids is 4. The molecule has 4 N–H and O–H groups in total. The highest BCUT2D eigenvalue weighted by Gasteiger charge is 2.40. The summed E-state index contributed by atoms with van der Waals surface area (Å²) in [5, 5.41) is 5.48. The molecule has 3 unspecified atom stereocenters. The Bertz CT molecular complexity index is 2100. The fraction of sp³-hybridized carbons (Fsp3) is 0.489. The molecule has 4 heterocycles. The smallest absolute Gasteiger partial charge is 0.407 e. The van der Waals surface area contributed by atoms with Gasteiger partial charge in [0.15, 0.2) is 0 Å². The minimum Gasteiger partial charge on any atom is -0.453 e. The first-order valence-electron chi connectivity index (χ1n) is 20.8. The molecule has 2 aliphatic heterocycles. The number of imidazole rings is 1. The SMILES string of the molecule is COC(=O)NC(C(=O)N1CCCC1c1[nH]c(-c2ccc(-c3ccc(-c4cnc(C5CCCN5C(=O)[C@@H](NC(=O)OC)C(C)C)[nH]4)cc3)cc2)c2c1CCCC2)C(C)C. The number of hydrogen-bond donors (Lipinski definition) is 4. The van der Waals surface area contributed by atoms with Gasteiger partial charge in [0.25, 0.3) is 0 Å². The molecule has 3 aliphatic rings. The zero-order valence-corrected chi connectivity index (χ0v) is 34.5. The van der Waals surface area contributed by atoms with E-state index in [-0.39, 0.29) is 35.7 Å². The number of hydrogen-bond acceptors (Lipinski definition) is 7. The van der Waals surface area contributed by atoms with Crippen LogP contribution in [0.15, 0.2) is 54.7 Å². The van der Waals surface area contributed by atoms with Crippen molar-refractivity contribution in [3.05, 3.63) is 77.4 Å². The zero-order valence-electron chi connectivity index (χ0n) is 34.5. The van der Waals surface area contributed by atoms with Crippen LogP contribution in [0.1, 0.15) is 101 Å². The van der Waals surface area contributed by atoms with Crippen molar-refractivity contribution in [1.82, 2.24) is 35.4 Å². The zero-order chi connectivity index (χ0) is 41.1. The van der Waals surface area contributed by atoms with E-state index in [1.807, 2.05) is 43.7 Å². The number of rotatable bonds is 11. The van der Waals surface area contributed by atoms with E-state index >= 15 is 0 Å². The topological polar surface area (TPSA) is 162 Å². The van der Waals surface area contributed by atoms with Gasteiger partial charge in [-0.05, 0) is 96.6 Å². The molecule has 13 heteroatoms. The van der Waals surface area contributed by atoms with Crippen molar-refractivity contribution >= 4 is 24.0 Å². The molecule has 7 rings (SSSR count). The van der Waals surface area contributed by atoms with Crippen molar-refractivity contribution in [2.75, 3.05) is 27.3 Å². The quantitative estimate of drug-likeness (QED) is 0.121. The van der Waals surface area contributed by atoms with Crippen LogP contribution in [-0.4, -0.2) is 88.1 Å². The third-order valence-corrected chi connectivity index (χ3v) is 12.2. The summed E-state index contributed by atoms with van der Waals surface area (Å²) in [6.07, 6.45) is 8.28. The van der Waals surface area contributed by atoms with E-state index in [4.69, 9.17) is 14.5 Å². The van der Waals surface area contributed by atoms with Gasteiger partial charge in [0.2, 0.25) is 11.8 Å². The van der Waals surface area contributed by atoms with E-state index in [9.17, 15) is 19.2 Å². The Morgan fingerprint density at radius 2 is 1.14 bits per heavy atom. The maximum Gasteiger partial charge on any atom is 0.407 e. The van der Waals surface area contributed by atoms with Crippen molar-refractivity contribution in [3.8, 4) is 33.6 Å². The van der Waals surface area contributed by atoms with E-state index in [1.165, 1.54) is 25.3 Å². The standard InChI is InChI=1S/C45H57N7O6/c1-26(2)37(49-44(55)57-5)42(53)51-23-9-13-35(51)40-33-12-8-7-11-32(33)39(48-40)31-21-17-29(18-22-31)28-15-19-30(20-16-28)34-25-46-41(47-34)36-14-10-24-52(36)43(54)38(27(3)4)50-45(56)58-6/h15-22,25-27,35-38,48H,7-14,23-24H2,1-6H3,(H,46,47)(H,49,55)(H,50,56)/t35?,36?,37?,38-/m0/s1. The van der Waals surface area contributed by atoms with Gasteiger partial charge in [0.1, 0.15) is 17.9 Å². The van der Waals surface area contributed by atoms with Crippen LogP contribution in [0, 0.1) is 11.8 Å². The van der Waals surface area contributed by atoms with Gasteiger partial charge in [-0.1, -0.05) is 76.2 Å². The van der Waals surface area contributed by atoms with Crippen molar-refractivity contribution in [2.45, 2.75) is 103 Å². The van der Waals surface area contributed by atoms with Gasteiger partial charge < -0.3 is 39.9 Å². The average Bonchev–Trinajstić information content (AvgIpc) is 4.07. The van der Waals surface area contributed by atoms with Gasteiger partial charge in [-0.15, -0.1) is 0 Å². The summed E-state index contributed by atoms with van der Waals surface area (Å²) in [7, 11) is 2.61. The normalized spacial score (nSPS) is 18.9. The number of alkyl carbamates (subject to hydrolysis) is 2. The molecule has 0 bridgehead atoms. The molecular weight excluding hydrogens is 735 g/mol. The lowest BCUT2D eigenvalue weighted by Crippen LogP contribution is -2.51. The van der Waals surface area contributed by atoms with Crippen molar-refractivity contribution in [2.24, 2.45) is 11.8 Å². The van der Waals surface area contributed by atoms with Crippen molar-refractivity contribution in [3.63, 3.8) is 0 Å². The monoisotopic (exact) mass is 791 g/mol. The highest BCUT2D eigenvalue weighted by atomic mass is 16.5. The minimum atomic E-state index is -0.684. The van der Waals surface area contributed by atoms with Crippen LogP contribution < -0.4 is 10.6 Å². The van der Waals surface area contributed by atoms with Gasteiger partial charge in [0, 0.05) is 24.5 Å². The molecule has 4 amide bonds. The van der Waals surface area contributed by atoms with E-state index < -0.39 is 24.3 Å². The summed E-state index contributed by atoms with van der Waals surface area (Å²) in [6, 6.07) is 15.5. The number of ether oxygens (including phenoxy) is 2. The Kier molecular flexibility index (Phi) is 12.2. The van der Waals surface area contributed by atoms with Crippen LogP contribution in [-0.2, 0) is 31.9 Å². The number of aromatic amines is 2.